The van der Waals surface area contributed by atoms with Gasteiger partial charge in [-0.3, -0.25) is 9.59 Å². The van der Waals surface area contributed by atoms with E-state index in [1.165, 1.54) is 4.88 Å². The zero-order chi connectivity index (χ0) is 22.1. The van der Waals surface area contributed by atoms with Gasteiger partial charge < -0.3 is 24.1 Å². The van der Waals surface area contributed by atoms with E-state index in [1.807, 2.05) is 23.1 Å². The van der Waals surface area contributed by atoms with Gasteiger partial charge in [0, 0.05) is 35.0 Å². The number of amides is 2. The number of fused-ring (bicyclic) bond motifs is 2. The summed E-state index contributed by atoms with van der Waals surface area (Å²) >= 11 is 1.55. The number of morpholine rings is 1. The van der Waals surface area contributed by atoms with Crippen molar-refractivity contribution in [2.45, 2.75) is 32.1 Å². The number of aryl methyl sites for hydroxylation is 1. The van der Waals surface area contributed by atoms with E-state index in [2.05, 4.69) is 5.32 Å². The predicted molar refractivity (Wildman–Crippen MR) is 123 cm³/mol. The van der Waals surface area contributed by atoms with Gasteiger partial charge in [-0.2, -0.15) is 0 Å². The smallest absolute Gasteiger partial charge is 0.257 e. The Balaban J connectivity index is 1.39. The van der Waals surface area contributed by atoms with Gasteiger partial charge in [0.15, 0.2) is 0 Å². The first kappa shape index (κ1) is 21.0. The number of nitrogens with zero attached hydrogens (tertiary/aromatic N) is 1. The molecule has 2 aliphatic rings. The Hall–Kier alpha value is -2.84. The van der Waals surface area contributed by atoms with Crippen molar-refractivity contribution in [3.63, 3.8) is 0 Å². The van der Waals surface area contributed by atoms with Gasteiger partial charge in [-0.15, -0.1) is 11.3 Å². The van der Waals surface area contributed by atoms with Crippen LogP contribution in [0.4, 0.5) is 5.00 Å². The number of carbonyl (C=O) groups excluding carboxylic acids is 2. The minimum absolute atomic E-state index is 0.00357. The molecule has 1 aliphatic carbocycles. The van der Waals surface area contributed by atoms with Crippen LogP contribution in [0, 0.1) is 0 Å². The lowest BCUT2D eigenvalue weighted by atomic mass is 9.95. The number of hydrogen-bond donors (Lipinski definition) is 1. The van der Waals surface area contributed by atoms with Gasteiger partial charge in [0.1, 0.15) is 16.3 Å². The van der Waals surface area contributed by atoms with E-state index in [-0.39, 0.29) is 18.2 Å². The number of rotatable bonds is 5. The zero-order valence-corrected chi connectivity index (χ0v) is 18.9. The Morgan fingerprint density at radius 3 is 2.81 bits per heavy atom. The van der Waals surface area contributed by atoms with Crippen molar-refractivity contribution < 1.29 is 23.5 Å². The van der Waals surface area contributed by atoms with Gasteiger partial charge in [0.05, 0.1) is 38.6 Å². The summed E-state index contributed by atoms with van der Waals surface area (Å²) in [6, 6.07) is 5.56. The molecule has 1 aromatic carbocycles. The topological polar surface area (TPSA) is 81.0 Å². The maximum absolute atomic E-state index is 13.4. The van der Waals surface area contributed by atoms with Crippen LogP contribution in [0.5, 0.6) is 5.75 Å². The fourth-order valence-electron chi connectivity index (χ4n) is 4.48. The molecule has 0 saturated carbocycles. The molecule has 1 saturated heterocycles. The van der Waals surface area contributed by atoms with Gasteiger partial charge in [-0.05, 0) is 43.4 Å². The fourth-order valence-corrected chi connectivity index (χ4v) is 5.77. The van der Waals surface area contributed by atoms with Crippen molar-refractivity contribution in [2.75, 3.05) is 38.7 Å². The molecular weight excluding hydrogens is 428 g/mol. The highest BCUT2D eigenvalue weighted by atomic mass is 32.1. The molecule has 0 atom stereocenters. The summed E-state index contributed by atoms with van der Waals surface area (Å²) in [6.45, 7) is 2.28. The van der Waals surface area contributed by atoms with Crippen molar-refractivity contribution in [2.24, 2.45) is 0 Å². The number of thiophene rings is 1. The van der Waals surface area contributed by atoms with Gasteiger partial charge in [-0.25, -0.2) is 0 Å². The number of carbonyl (C=O) groups is 2. The van der Waals surface area contributed by atoms with Crippen molar-refractivity contribution in [1.82, 2.24) is 4.90 Å². The number of furan rings is 1. The van der Waals surface area contributed by atoms with E-state index < -0.39 is 0 Å². The van der Waals surface area contributed by atoms with Gasteiger partial charge in [0.2, 0.25) is 5.91 Å². The van der Waals surface area contributed by atoms with Gasteiger partial charge in [-0.1, -0.05) is 0 Å². The summed E-state index contributed by atoms with van der Waals surface area (Å²) < 4.78 is 16.3. The molecule has 2 amide bonds. The van der Waals surface area contributed by atoms with Crippen LogP contribution in [0.3, 0.4) is 0 Å². The van der Waals surface area contributed by atoms with E-state index in [9.17, 15) is 9.59 Å². The highest BCUT2D eigenvalue weighted by Gasteiger charge is 2.30. The highest BCUT2D eigenvalue weighted by molar-refractivity contribution is 7.17. The molecule has 7 nitrogen and oxygen atoms in total. The third-order valence-corrected chi connectivity index (χ3v) is 7.36. The first-order chi connectivity index (χ1) is 15.6. The minimum atomic E-state index is -0.154. The molecule has 168 valence electrons. The van der Waals surface area contributed by atoms with Crippen molar-refractivity contribution in [3.8, 4) is 5.75 Å². The van der Waals surface area contributed by atoms with E-state index in [4.69, 9.17) is 13.9 Å². The quantitative estimate of drug-likeness (QED) is 0.629. The van der Waals surface area contributed by atoms with Crippen LogP contribution in [0.15, 0.2) is 28.9 Å². The second kappa shape index (κ2) is 8.96. The molecule has 8 heteroatoms. The minimum Gasteiger partial charge on any atom is -0.497 e. The number of benzene rings is 1. The summed E-state index contributed by atoms with van der Waals surface area (Å²) in [7, 11) is 1.61. The third kappa shape index (κ3) is 4.00. The largest absolute Gasteiger partial charge is 0.497 e. The van der Waals surface area contributed by atoms with Crippen molar-refractivity contribution in [3.05, 3.63) is 46.0 Å². The molecule has 3 heterocycles. The van der Waals surface area contributed by atoms with Crippen molar-refractivity contribution in [1.29, 1.82) is 0 Å². The maximum atomic E-state index is 13.4. The van der Waals surface area contributed by atoms with Crippen LogP contribution in [0.1, 0.15) is 39.2 Å². The summed E-state index contributed by atoms with van der Waals surface area (Å²) in [5.74, 6) is 0.556. The van der Waals surface area contributed by atoms with Crippen molar-refractivity contribution >= 4 is 39.1 Å². The van der Waals surface area contributed by atoms with Crippen LogP contribution in [0.2, 0.25) is 0 Å². The monoisotopic (exact) mass is 454 g/mol. The van der Waals surface area contributed by atoms with Crippen LogP contribution in [-0.2, 0) is 28.8 Å². The summed E-state index contributed by atoms with van der Waals surface area (Å²) in [5.41, 5.74) is 3.29. The standard InChI is InChI=1S/C24H26N2O5S/c1-29-16-6-7-17-15(14-31-19(17)13-16)12-21(27)25-23-22(18-4-2-3-5-20(18)32-23)24(28)26-8-10-30-11-9-26/h6-7,13-14H,2-5,8-12H2,1H3,(H,25,27). The Labute approximate surface area is 190 Å². The molecule has 0 bridgehead atoms. The lowest BCUT2D eigenvalue weighted by molar-refractivity contribution is -0.115. The molecule has 3 aromatic rings. The molecule has 1 aliphatic heterocycles. The van der Waals surface area contributed by atoms with E-state index in [0.717, 1.165) is 42.2 Å². The second-order valence-electron chi connectivity index (χ2n) is 8.17. The summed E-state index contributed by atoms with van der Waals surface area (Å²) in [6.07, 6.45) is 5.84. The second-order valence-corrected chi connectivity index (χ2v) is 9.27. The van der Waals surface area contributed by atoms with E-state index in [0.29, 0.717) is 48.2 Å². The number of nitrogens with one attached hydrogen (secondary N) is 1. The average molecular weight is 455 g/mol. The Morgan fingerprint density at radius 1 is 1.19 bits per heavy atom. The molecule has 0 unspecified atom stereocenters. The molecule has 32 heavy (non-hydrogen) atoms. The van der Waals surface area contributed by atoms with E-state index in [1.54, 1.807) is 24.7 Å². The van der Waals surface area contributed by atoms with Crippen LogP contribution < -0.4 is 10.1 Å². The Kier molecular flexibility index (Phi) is 5.89. The van der Waals surface area contributed by atoms with Crippen LogP contribution >= 0.6 is 11.3 Å². The predicted octanol–water partition coefficient (Wildman–Crippen LogP) is 4.04. The van der Waals surface area contributed by atoms with Gasteiger partial charge in [0.25, 0.3) is 5.91 Å². The molecule has 1 fully saturated rings. The highest BCUT2D eigenvalue weighted by Crippen LogP contribution is 2.39. The number of anilines is 1. The van der Waals surface area contributed by atoms with Gasteiger partial charge >= 0.3 is 0 Å². The first-order valence-corrected chi connectivity index (χ1v) is 11.8. The number of ether oxygens (including phenoxy) is 2. The molecule has 0 radical (unpaired) electrons. The average Bonchev–Trinajstić information content (AvgIpc) is 3.39. The zero-order valence-electron chi connectivity index (χ0n) is 18.1. The first-order valence-electron chi connectivity index (χ1n) is 11.0. The molecule has 5 rings (SSSR count). The Bertz CT molecular complexity index is 1160. The third-order valence-electron chi connectivity index (χ3n) is 6.15. The summed E-state index contributed by atoms with van der Waals surface area (Å²) in [5, 5.41) is 4.61. The molecule has 2 aromatic heterocycles. The van der Waals surface area contributed by atoms with Crippen LogP contribution in [-0.4, -0.2) is 50.1 Å². The maximum Gasteiger partial charge on any atom is 0.257 e. The van der Waals surface area contributed by atoms with Crippen LogP contribution in [0.25, 0.3) is 11.0 Å². The SMILES string of the molecule is COc1ccc2c(CC(=O)Nc3sc4c(c3C(=O)N3CCOCC3)CCCC4)coc2c1. The number of hydrogen-bond acceptors (Lipinski definition) is 6. The van der Waals surface area contributed by atoms with E-state index >= 15 is 0 Å². The lowest BCUT2D eigenvalue weighted by Crippen LogP contribution is -2.41. The number of methoxy groups -OCH3 is 1. The lowest BCUT2D eigenvalue weighted by Gasteiger charge is -2.27. The normalized spacial score (nSPS) is 16.1. The molecule has 1 N–H and O–H groups in total. The Morgan fingerprint density at radius 2 is 2.00 bits per heavy atom. The summed E-state index contributed by atoms with van der Waals surface area (Å²) in [4.78, 5) is 29.4. The molecular formula is C24H26N2O5S. The fraction of sp³-hybridized carbons (Fsp3) is 0.417. The molecule has 0 spiro atoms.